The number of aromatic nitrogens is 1. The summed E-state index contributed by atoms with van der Waals surface area (Å²) in [5.74, 6) is -1.04. The number of carboxylic acid groups (broad SMARTS) is 1. The van der Waals surface area contributed by atoms with Gasteiger partial charge in [0.1, 0.15) is 0 Å². The fraction of sp³-hybridized carbons (Fsp3) is 0.227. The zero-order valence-corrected chi connectivity index (χ0v) is 15.7. The van der Waals surface area contributed by atoms with E-state index in [1.54, 1.807) is 18.2 Å². The first-order valence-corrected chi connectivity index (χ1v) is 8.79. The van der Waals surface area contributed by atoms with E-state index in [-0.39, 0.29) is 12.0 Å². The molecule has 0 aliphatic carbocycles. The summed E-state index contributed by atoms with van der Waals surface area (Å²) < 4.78 is 0. The summed E-state index contributed by atoms with van der Waals surface area (Å²) in [6.45, 7) is 8.00. The lowest BCUT2D eigenvalue weighted by molar-refractivity contribution is 0.0698. The van der Waals surface area contributed by atoms with Crippen molar-refractivity contribution in [3.8, 4) is 17.3 Å². The number of hydrogen-bond acceptors (Lipinski definition) is 3. The lowest BCUT2D eigenvalue weighted by Gasteiger charge is -2.13. The number of hydrogen-bond donors (Lipinski definition) is 1. The van der Waals surface area contributed by atoms with E-state index in [0.717, 1.165) is 5.56 Å². The number of carbonyl (C=O) groups is 1. The number of benzene rings is 2. The van der Waals surface area contributed by atoms with Gasteiger partial charge >= 0.3 is 5.97 Å². The average molecular weight is 348 g/mol. The van der Waals surface area contributed by atoms with Crippen LogP contribution < -0.4 is 0 Å². The molecule has 1 aromatic heterocycles. The van der Waals surface area contributed by atoms with Crippen LogP contribution in [-0.4, -0.2) is 16.1 Å². The zero-order valence-electron chi connectivity index (χ0n) is 15.7. The highest BCUT2D eigenvalue weighted by Crippen LogP contribution is 2.30. The van der Waals surface area contributed by atoms with Crippen molar-refractivity contribution in [3.63, 3.8) is 0 Å². The fourth-order valence-electron chi connectivity index (χ4n) is 2.58. The van der Waals surface area contributed by atoms with Crippen LogP contribution >= 0.6 is 0 Å². The van der Waals surface area contributed by atoms with E-state index >= 15 is 0 Å². The third-order valence-corrected chi connectivity index (χ3v) is 3.51. The second-order valence-corrected chi connectivity index (χ2v) is 4.84. The Bertz CT molecular complexity index is 897. The first kappa shape index (κ1) is 20.9. The Morgan fingerprint density at radius 3 is 2.15 bits per heavy atom. The van der Waals surface area contributed by atoms with Crippen LogP contribution in [0.1, 0.15) is 43.6 Å². The molecule has 0 aliphatic heterocycles. The van der Waals surface area contributed by atoms with Crippen molar-refractivity contribution < 1.29 is 9.90 Å². The highest BCUT2D eigenvalue weighted by molar-refractivity contribution is 6.05. The SMILES string of the molecule is CC.CC.N#CCc1c(-c2ccccc2)nc2ccccc2c1C(=O)O. The Hall–Kier alpha value is -3.19. The molecule has 0 bridgehead atoms. The minimum atomic E-state index is -1.04. The topological polar surface area (TPSA) is 74.0 Å². The number of rotatable bonds is 3. The number of aromatic carboxylic acids is 1. The number of nitriles is 1. The molecule has 0 radical (unpaired) electrons. The van der Waals surface area contributed by atoms with Gasteiger partial charge in [-0.3, -0.25) is 0 Å². The standard InChI is InChI=1S/C18H12N2O2.2C2H6/c19-11-10-14-16(18(21)22)13-8-4-5-9-15(13)20-17(14)12-6-2-1-3-7-12;2*1-2/h1-9H,10H2,(H,21,22);2*1-2H3. The molecule has 134 valence electrons. The first-order chi connectivity index (χ1) is 12.7. The minimum absolute atomic E-state index is 0.00367. The smallest absolute Gasteiger partial charge is 0.336 e. The summed E-state index contributed by atoms with van der Waals surface area (Å²) in [5, 5.41) is 19.3. The summed E-state index contributed by atoms with van der Waals surface area (Å²) in [5.41, 5.74) is 2.59. The maximum atomic E-state index is 11.8. The lowest BCUT2D eigenvalue weighted by atomic mass is 9.95. The van der Waals surface area contributed by atoms with Crippen LogP contribution in [0.3, 0.4) is 0 Å². The van der Waals surface area contributed by atoms with E-state index in [9.17, 15) is 9.90 Å². The predicted molar refractivity (Wildman–Crippen MR) is 106 cm³/mol. The van der Waals surface area contributed by atoms with Crippen LogP contribution in [-0.2, 0) is 6.42 Å². The number of pyridine rings is 1. The van der Waals surface area contributed by atoms with Gasteiger partial charge in [-0.1, -0.05) is 76.2 Å². The van der Waals surface area contributed by atoms with Crippen LogP contribution in [0.25, 0.3) is 22.2 Å². The lowest BCUT2D eigenvalue weighted by Crippen LogP contribution is -2.07. The van der Waals surface area contributed by atoms with Crippen molar-refractivity contribution in [2.75, 3.05) is 0 Å². The molecule has 2 aromatic carbocycles. The van der Waals surface area contributed by atoms with Gasteiger partial charge in [-0.15, -0.1) is 0 Å². The molecule has 0 unspecified atom stereocenters. The molecule has 3 aromatic rings. The Morgan fingerprint density at radius 2 is 1.58 bits per heavy atom. The van der Waals surface area contributed by atoms with E-state index in [0.29, 0.717) is 22.2 Å². The molecule has 4 heteroatoms. The molecule has 0 spiro atoms. The van der Waals surface area contributed by atoms with Crippen LogP contribution in [0.5, 0.6) is 0 Å². The third-order valence-electron chi connectivity index (χ3n) is 3.51. The van der Waals surface area contributed by atoms with Crippen LogP contribution in [0, 0.1) is 11.3 Å². The Kier molecular flexibility index (Phi) is 8.52. The van der Waals surface area contributed by atoms with Crippen molar-refractivity contribution in [1.29, 1.82) is 5.26 Å². The molecule has 1 N–H and O–H groups in total. The molecule has 0 saturated heterocycles. The molecule has 0 saturated carbocycles. The summed E-state index contributed by atoms with van der Waals surface area (Å²) in [6.07, 6.45) is 0.00367. The molecule has 0 amide bonds. The Morgan fingerprint density at radius 1 is 1.00 bits per heavy atom. The molecule has 0 atom stereocenters. The molecular formula is C22H24N2O2. The molecule has 26 heavy (non-hydrogen) atoms. The van der Waals surface area contributed by atoms with Gasteiger partial charge in [0.15, 0.2) is 0 Å². The number of fused-ring (bicyclic) bond motifs is 1. The summed E-state index contributed by atoms with van der Waals surface area (Å²) in [4.78, 5) is 16.3. The van der Waals surface area contributed by atoms with Gasteiger partial charge in [0, 0.05) is 16.5 Å². The molecular weight excluding hydrogens is 324 g/mol. The number of carboxylic acids is 1. The fourth-order valence-corrected chi connectivity index (χ4v) is 2.58. The van der Waals surface area contributed by atoms with Crippen molar-refractivity contribution in [2.24, 2.45) is 0 Å². The van der Waals surface area contributed by atoms with Gasteiger partial charge in [0.2, 0.25) is 0 Å². The van der Waals surface area contributed by atoms with E-state index in [1.807, 2.05) is 64.1 Å². The predicted octanol–water partition coefficient (Wildman–Crippen LogP) is 5.72. The van der Waals surface area contributed by atoms with Crippen molar-refractivity contribution >= 4 is 16.9 Å². The monoisotopic (exact) mass is 348 g/mol. The second-order valence-electron chi connectivity index (χ2n) is 4.84. The second kappa shape index (κ2) is 10.6. The van der Waals surface area contributed by atoms with E-state index in [2.05, 4.69) is 11.1 Å². The van der Waals surface area contributed by atoms with Gasteiger partial charge in [-0.2, -0.15) is 5.26 Å². The Balaban J connectivity index is 0.000000791. The summed E-state index contributed by atoms with van der Waals surface area (Å²) in [6, 6.07) is 18.5. The molecule has 4 nitrogen and oxygen atoms in total. The highest BCUT2D eigenvalue weighted by atomic mass is 16.4. The maximum absolute atomic E-state index is 11.8. The van der Waals surface area contributed by atoms with Gasteiger partial charge in [0.25, 0.3) is 0 Å². The molecule has 3 rings (SSSR count). The maximum Gasteiger partial charge on any atom is 0.336 e. The van der Waals surface area contributed by atoms with E-state index in [4.69, 9.17) is 5.26 Å². The van der Waals surface area contributed by atoms with Crippen LogP contribution in [0.4, 0.5) is 0 Å². The normalized spacial score (nSPS) is 9.19. The average Bonchev–Trinajstić information content (AvgIpc) is 2.71. The van der Waals surface area contributed by atoms with E-state index < -0.39 is 5.97 Å². The first-order valence-electron chi connectivity index (χ1n) is 8.79. The van der Waals surface area contributed by atoms with Crippen molar-refractivity contribution in [3.05, 3.63) is 65.7 Å². The Labute approximate surface area is 154 Å². The summed E-state index contributed by atoms with van der Waals surface area (Å²) >= 11 is 0. The van der Waals surface area contributed by atoms with Gasteiger partial charge in [-0.05, 0) is 6.07 Å². The minimum Gasteiger partial charge on any atom is -0.478 e. The molecule has 0 aliphatic rings. The van der Waals surface area contributed by atoms with E-state index in [1.165, 1.54) is 0 Å². The molecule has 1 heterocycles. The summed E-state index contributed by atoms with van der Waals surface area (Å²) in [7, 11) is 0. The van der Waals surface area contributed by atoms with Crippen LogP contribution in [0.15, 0.2) is 54.6 Å². The van der Waals surface area contributed by atoms with Gasteiger partial charge < -0.3 is 5.11 Å². The molecule has 0 fully saturated rings. The highest BCUT2D eigenvalue weighted by Gasteiger charge is 2.20. The largest absolute Gasteiger partial charge is 0.478 e. The van der Waals surface area contributed by atoms with Crippen LogP contribution in [0.2, 0.25) is 0 Å². The van der Waals surface area contributed by atoms with Crippen molar-refractivity contribution in [2.45, 2.75) is 34.1 Å². The zero-order chi connectivity index (χ0) is 19.5. The van der Waals surface area contributed by atoms with Gasteiger partial charge in [0.05, 0.1) is 29.3 Å². The quantitative estimate of drug-likeness (QED) is 0.657. The van der Waals surface area contributed by atoms with Gasteiger partial charge in [-0.25, -0.2) is 9.78 Å². The third kappa shape index (κ3) is 4.46. The van der Waals surface area contributed by atoms with Crippen molar-refractivity contribution in [1.82, 2.24) is 4.98 Å². The number of para-hydroxylation sites is 1. The number of nitrogens with zero attached hydrogens (tertiary/aromatic N) is 2.